The van der Waals surface area contributed by atoms with Crippen molar-refractivity contribution in [3.05, 3.63) is 70.3 Å². The lowest BCUT2D eigenvalue weighted by atomic mass is 9.47. The topological polar surface area (TPSA) is 64.5 Å². The Balaban J connectivity index is 1.11. The van der Waals surface area contributed by atoms with Crippen molar-refractivity contribution in [1.29, 1.82) is 0 Å². The van der Waals surface area contributed by atoms with Crippen LogP contribution in [0.1, 0.15) is 116 Å². The van der Waals surface area contributed by atoms with Gasteiger partial charge in [0.2, 0.25) is 0 Å². The molecule has 1 aromatic carbocycles. The zero-order valence-electron chi connectivity index (χ0n) is 31.8. The number of aliphatic hydroxyl groups is 2. The molecule has 4 N–H and O–H groups in total. The fourth-order valence-electron chi connectivity index (χ4n) is 15.1. The maximum absolute atomic E-state index is 11.5. The van der Waals surface area contributed by atoms with E-state index in [4.69, 9.17) is 0 Å². The molecule has 1 heterocycles. The zero-order valence-corrected chi connectivity index (χ0v) is 31.8. The largest absolute Gasteiger partial charge is 0.392 e. The quantitative estimate of drug-likeness (QED) is 0.242. The highest BCUT2D eigenvalue weighted by atomic mass is 16.3. The maximum atomic E-state index is 11.5. The van der Waals surface area contributed by atoms with E-state index in [9.17, 15) is 10.2 Å². The molecule has 0 aromatic heterocycles. The number of allylic oxidation sites excluding steroid dienone is 4. The van der Waals surface area contributed by atoms with Gasteiger partial charge in [-0.2, -0.15) is 0 Å². The number of benzene rings is 1. The summed E-state index contributed by atoms with van der Waals surface area (Å²) in [6.45, 7) is 17.1. The van der Waals surface area contributed by atoms with Crippen molar-refractivity contribution in [1.82, 2.24) is 10.6 Å². The van der Waals surface area contributed by atoms with E-state index >= 15 is 0 Å². The normalized spacial score (nSPS) is 48.2. The number of hydrogen-bond donors (Lipinski definition) is 4. The van der Waals surface area contributed by atoms with Crippen molar-refractivity contribution in [3.8, 4) is 0 Å². The van der Waals surface area contributed by atoms with Crippen LogP contribution in [-0.2, 0) is 12.8 Å². The van der Waals surface area contributed by atoms with Crippen LogP contribution in [0.25, 0.3) is 0 Å². The minimum absolute atomic E-state index is 0.0827. The van der Waals surface area contributed by atoms with Gasteiger partial charge in [0.05, 0.1) is 12.2 Å². The standard InChI is InChI=1S/C46H66N2O2/c1-26(2)35-18-38-27(3)12-36-23-44(38,5)46(24-35)11-10-31(22-46)14-29-8-7-9-30(13-29)15-33-20-40(36)48-45(6)39(33)17-34-16-32-19-41(47-25-28(4)49)42(50)21-37(32)43(34)45/h7-9,12-13,28,31-35,37,39-43,47-50H,1,10-11,14-25H2,2-6H3/t28-,31+,32-,33+,34-,35-,37-,39-,40-,41-,42-,43+,44-,45+,46+/m0/s1. The summed E-state index contributed by atoms with van der Waals surface area (Å²) in [6.07, 6.45) is 18.1. The molecular formula is C46H66N2O2. The maximum Gasteiger partial charge on any atom is 0.0696 e. The smallest absolute Gasteiger partial charge is 0.0696 e. The van der Waals surface area contributed by atoms with E-state index in [-0.39, 0.29) is 29.2 Å². The Kier molecular flexibility index (Phi) is 8.28. The summed E-state index contributed by atoms with van der Waals surface area (Å²) in [5, 5.41) is 29.6. The van der Waals surface area contributed by atoms with Crippen molar-refractivity contribution >= 4 is 0 Å². The highest BCUT2D eigenvalue weighted by Crippen LogP contribution is 2.69. The van der Waals surface area contributed by atoms with Gasteiger partial charge in [-0.15, -0.1) is 0 Å². The summed E-state index contributed by atoms with van der Waals surface area (Å²) in [5.74, 6) is 5.36. The number of rotatable bonds is 4. The van der Waals surface area contributed by atoms with Crippen LogP contribution in [0, 0.1) is 58.2 Å². The molecule has 5 saturated carbocycles. The summed E-state index contributed by atoms with van der Waals surface area (Å²) >= 11 is 0. The van der Waals surface area contributed by atoms with Gasteiger partial charge in [-0.1, -0.05) is 66.1 Å². The number of fused-ring (bicyclic) bond motifs is 13. The Morgan fingerprint density at radius 1 is 1.02 bits per heavy atom. The lowest BCUT2D eigenvalue weighted by molar-refractivity contribution is -0.00516. The summed E-state index contributed by atoms with van der Waals surface area (Å²) in [7, 11) is 0. The molecule has 0 unspecified atom stereocenters. The summed E-state index contributed by atoms with van der Waals surface area (Å²) < 4.78 is 0. The van der Waals surface area contributed by atoms with Gasteiger partial charge in [0.1, 0.15) is 0 Å². The van der Waals surface area contributed by atoms with Crippen LogP contribution >= 0.6 is 0 Å². The van der Waals surface area contributed by atoms with Crippen molar-refractivity contribution in [3.63, 3.8) is 0 Å². The van der Waals surface area contributed by atoms with Gasteiger partial charge in [-0.3, -0.25) is 0 Å². The van der Waals surface area contributed by atoms with Crippen molar-refractivity contribution in [2.75, 3.05) is 6.54 Å². The molecular weight excluding hydrogens is 613 g/mol. The molecule has 8 aliphatic rings. The molecule has 1 aliphatic heterocycles. The molecule has 50 heavy (non-hydrogen) atoms. The molecule has 15 atom stereocenters. The third kappa shape index (κ3) is 5.26. The molecule has 1 spiro atoms. The second-order valence-electron chi connectivity index (χ2n) is 20.1. The predicted molar refractivity (Wildman–Crippen MR) is 204 cm³/mol. The van der Waals surface area contributed by atoms with Crippen molar-refractivity contribution in [2.45, 2.75) is 148 Å². The van der Waals surface area contributed by atoms with Crippen LogP contribution in [-0.4, -0.2) is 46.6 Å². The Morgan fingerprint density at radius 2 is 1.82 bits per heavy atom. The molecule has 9 rings (SSSR count). The van der Waals surface area contributed by atoms with Crippen LogP contribution < -0.4 is 10.6 Å². The summed E-state index contributed by atoms with van der Waals surface area (Å²) in [6, 6.07) is 10.4. The van der Waals surface area contributed by atoms with E-state index in [2.05, 4.69) is 75.2 Å². The molecule has 4 nitrogen and oxygen atoms in total. The third-order valence-electron chi connectivity index (χ3n) is 17.2. The van der Waals surface area contributed by atoms with Crippen LogP contribution in [0.3, 0.4) is 0 Å². The monoisotopic (exact) mass is 679 g/mol. The molecule has 7 aliphatic carbocycles. The second-order valence-corrected chi connectivity index (χ2v) is 20.1. The van der Waals surface area contributed by atoms with E-state index in [0.29, 0.717) is 53.5 Å². The minimum Gasteiger partial charge on any atom is -0.392 e. The van der Waals surface area contributed by atoms with E-state index in [1.54, 1.807) is 27.8 Å². The predicted octanol–water partition coefficient (Wildman–Crippen LogP) is 8.33. The molecule has 1 saturated heterocycles. The Hall–Kier alpha value is -1.72. The lowest BCUT2D eigenvalue weighted by Gasteiger charge is -2.59. The molecule has 8 bridgehead atoms. The van der Waals surface area contributed by atoms with Gasteiger partial charge >= 0.3 is 0 Å². The van der Waals surface area contributed by atoms with Gasteiger partial charge < -0.3 is 20.8 Å². The molecule has 0 amide bonds. The van der Waals surface area contributed by atoms with Gasteiger partial charge in [0, 0.05) is 24.2 Å². The summed E-state index contributed by atoms with van der Waals surface area (Å²) in [4.78, 5) is 0. The number of nitrogens with one attached hydrogen (secondary N) is 2. The van der Waals surface area contributed by atoms with Crippen LogP contribution in [0.2, 0.25) is 0 Å². The first-order valence-corrected chi connectivity index (χ1v) is 20.9. The Bertz CT molecular complexity index is 1590. The minimum atomic E-state index is -0.380. The Morgan fingerprint density at radius 3 is 2.60 bits per heavy atom. The first kappa shape index (κ1) is 34.1. The molecule has 272 valence electrons. The van der Waals surface area contributed by atoms with E-state index in [0.717, 1.165) is 24.7 Å². The summed E-state index contributed by atoms with van der Waals surface area (Å²) in [5.41, 5.74) is 10.2. The SMILES string of the molecule is C=C(C)[C@H]1CC2=C(C)C=C3C[C@]2(C)[C@@]2(CC[C@H](Cc4cccc(c4)C[C@@H]4C[C@@H]3N[C@@]3(C)[C@@H]5[C@@H](C[C@H]6C[C@H](NC[C@H](C)O)[C@@H](O)C[C@@H]65)C[C@@H]43)C2)C1. The lowest BCUT2D eigenvalue weighted by Crippen LogP contribution is -2.63. The number of piperidine rings is 1. The van der Waals surface area contributed by atoms with E-state index in [1.807, 2.05) is 6.92 Å². The van der Waals surface area contributed by atoms with Gasteiger partial charge in [0.25, 0.3) is 0 Å². The zero-order chi connectivity index (χ0) is 34.7. The first-order chi connectivity index (χ1) is 23.9. The molecule has 1 aromatic rings. The fourth-order valence-corrected chi connectivity index (χ4v) is 15.1. The van der Waals surface area contributed by atoms with Crippen LogP contribution in [0.4, 0.5) is 0 Å². The average Bonchev–Trinajstić information content (AvgIpc) is 3.71. The van der Waals surface area contributed by atoms with Crippen LogP contribution in [0.5, 0.6) is 0 Å². The molecule has 0 radical (unpaired) electrons. The highest BCUT2D eigenvalue weighted by Gasteiger charge is 2.65. The van der Waals surface area contributed by atoms with Gasteiger partial charge in [-0.25, -0.2) is 0 Å². The van der Waals surface area contributed by atoms with Crippen LogP contribution in [0.15, 0.2) is 59.2 Å². The van der Waals surface area contributed by atoms with Gasteiger partial charge in [-0.05, 0) is 180 Å². The van der Waals surface area contributed by atoms with Gasteiger partial charge in [0.15, 0.2) is 0 Å². The molecule has 6 fully saturated rings. The first-order valence-electron chi connectivity index (χ1n) is 20.9. The number of hydrogen-bond acceptors (Lipinski definition) is 4. The van der Waals surface area contributed by atoms with E-state index < -0.39 is 0 Å². The Labute approximate surface area is 303 Å². The second kappa shape index (κ2) is 12.2. The fraction of sp³-hybridized carbons (Fsp3) is 0.739. The van der Waals surface area contributed by atoms with Crippen molar-refractivity contribution in [2.24, 2.45) is 58.2 Å². The van der Waals surface area contributed by atoms with E-state index in [1.165, 1.54) is 76.2 Å². The average molecular weight is 679 g/mol. The third-order valence-corrected chi connectivity index (χ3v) is 17.2. The van der Waals surface area contributed by atoms with Crippen molar-refractivity contribution < 1.29 is 10.2 Å². The molecule has 4 heteroatoms. The highest BCUT2D eigenvalue weighted by molar-refractivity contribution is 5.44. The number of aliphatic hydroxyl groups excluding tert-OH is 2.